The number of thioether (sulfide) groups is 1. The highest BCUT2D eigenvalue weighted by molar-refractivity contribution is 7.99. The molecule has 16 heavy (non-hydrogen) atoms. The van der Waals surface area contributed by atoms with E-state index in [0.717, 1.165) is 18.6 Å². The molecule has 1 N–H and O–H groups in total. The third-order valence-electron chi connectivity index (χ3n) is 2.03. The standard InChI is InChI=1S/C13H27NOS/c1-7-8-16-9-11(15)14-13(5,6)10-12(2,3)4/h7-10H2,1-6H3,(H,14,15). The predicted octanol–water partition coefficient (Wildman–Crippen LogP) is 3.46. The van der Waals surface area contributed by atoms with Crippen molar-refractivity contribution in [2.45, 2.75) is 59.9 Å². The van der Waals surface area contributed by atoms with Gasteiger partial charge in [-0.15, -0.1) is 0 Å². The van der Waals surface area contributed by atoms with E-state index in [2.05, 4.69) is 46.9 Å². The molecule has 0 aromatic heterocycles. The first-order chi connectivity index (χ1) is 7.16. The molecule has 0 fully saturated rings. The van der Waals surface area contributed by atoms with Gasteiger partial charge in [-0.3, -0.25) is 4.79 Å². The van der Waals surface area contributed by atoms with E-state index >= 15 is 0 Å². The minimum Gasteiger partial charge on any atom is -0.350 e. The van der Waals surface area contributed by atoms with Gasteiger partial charge in [-0.05, 0) is 37.9 Å². The number of hydrogen-bond acceptors (Lipinski definition) is 2. The van der Waals surface area contributed by atoms with E-state index < -0.39 is 0 Å². The van der Waals surface area contributed by atoms with Crippen molar-refractivity contribution in [2.75, 3.05) is 11.5 Å². The maximum Gasteiger partial charge on any atom is 0.230 e. The first-order valence-electron chi connectivity index (χ1n) is 6.05. The lowest BCUT2D eigenvalue weighted by molar-refractivity contribution is -0.120. The Kier molecular flexibility index (Phi) is 6.46. The van der Waals surface area contributed by atoms with Gasteiger partial charge in [0.2, 0.25) is 5.91 Å². The molecule has 2 nitrogen and oxygen atoms in total. The van der Waals surface area contributed by atoms with Gasteiger partial charge in [0.15, 0.2) is 0 Å². The van der Waals surface area contributed by atoms with Gasteiger partial charge in [0, 0.05) is 5.54 Å². The average Bonchev–Trinajstić information content (AvgIpc) is 1.98. The van der Waals surface area contributed by atoms with E-state index in [1.165, 1.54) is 0 Å². The molecular weight excluding hydrogens is 218 g/mol. The summed E-state index contributed by atoms with van der Waals surface area (Å²) in [6.07, 6.45) is 2.12. The van der Waals surface area contributed by atoms with Crippen LogP contribution in [0.25, 0.3) is 0 Å². The predicted molar refractivity (Wildman–Crippen MR) is 73.9 cm³/mol. The number of carbonyl (C=O) groups excluding carboxylic acids is 1. The Morgan fingerprint density at radius 3 is 2.19 bits per heavy atom. The summed E-state index contributed by atoms with van der Waals surface area (Å²) < 4.78 is 0. The molecule has 0 saturated carbocycles. The first kappa shape index (κ1) is 15.8. The number of hydrogen-bond donors (Lipinski definition) is 1. The van der Waals surface area contributed by atoms with Crippen molar-refractivity contribution in [1.29, 1.82) is 0 Å². The fourth-order valence-corrected chi connectivity index (χ4v) is 2.78. The molecule has 0 aliphatic rings. The van der Waals surface area contributed by atoms with E-state index in [1.54, 1.807) is 11.8 Å². The molecule has 0 spiro atoms. The molecule has 1 amide bonds. The second-order valence-electron chi connectivity index (χ2n) is 6.22. The van der Waals surface area contributed by atoms with Crippen molar-refractivity contribution in [2.24, 2.45) is 5.41 Å². The zero-order valence-corrected chi connectivity index (χ0v) is 12.5. The molecule has 0 atom stereocenters. The van der Waals surface area contributed by atoms with E-state index in [9.17, 15) is 4.79 Å². The van der Waals surface area contributed by atoms with Crippen LogP contribution in [0.3, 0.4) is 0 Å². The Bertz CT molecular complexity index is 218. The molecule has 0 aromatic carbocycles. The molecule has 96 valence electrons. The van der Waals surface area contributed by atoms with E-state index in [4.69, 9.17) is 0 Å². The molecule has 0 radical (unpaired) electrons. The summed E-state index contributed by atoms with van der Waals surface area (Å²) in [5.74, 6) is 1.81. The van der Waals surface area contributed by atoms with Gasteiger partial charge in [0.25, 0.3) is 0 Å². The van der Waals surface area contributed by atoms with Gasteiger partial charge in [0.1, 0.15) is 0 Å². The molecule has 0 heterocycles. The maximum atomic E-state index is 11.7. The van der Waals surface area contributed by atoms with Crippen LogP contribution < -0.4 is 5.32 Å². The minimum absolute atomic E-state index is 0.109. The lowest BCUT2D eigenvalue weighted by atomic mass is 9.82. The van der Waals surface area contributed by atoms with Gasteiger partial charge in [-0.25, -0.2) is 0 Å². The Morgan fingerprint density at radius 1 is 1.19 bits per heavy atom. The Hall–Kier alpha value is -0.180. The van der Waals surface area contributed by atoms with Crippen molar-refractivity contribution in [1.82, 2.24) is 5.32 Å². The second kappa shape index (κ2) is 6.53. The van der Waals surface area contributed by atoms with Gasteiger partial charge >= 0.3 is 0 Å². The van der Waals surface area contributed by atoms with Crippen LogP contribution in [0.2, 0.25) is 0 Å². The smallest absolute Gasteiger partial charge is 0.230 e. The van der Waals surface area contributed by atoms with Crippen LogP contribution in [0, 0.1) is 5.41 Å². The third kappa shape index (κ3) is 9.08. The van der Waals surface area contributed by atoms with Crippen molar-refractivity contribution in [3.63, 3.8) is 0 Å². The molecule has 0 bridgehead atoms. The van der Waals surface area contributed by atoms with Crippen molar-refractivity contribution in [3.05, 3.63) is 0 Å². The van der Waals surface area contributed by atoms with Crippen LogP contribution in [0.15, 0.2) is 0 Å². The van der Waals surface area contributed by atoms with Crippen LogP contribution in [0.1, 0.15) is 54.4 Å². The highest BCUT2D eigenvalue weighted by atomic mass is 32.2. The number of amides is 1. The Labute approximate surface area is 105 Å². The molecule has 0 aromatic rings. The van der Waals surface area contributed by atoms with Gasteiger partial charge in [-0.1, -0.05) is 27.7 Å². The summed E-state index contributed by atoms with van der Waals surface area (Å²) in [6.45, 7) is 12.9. The summed E-state index contributed by atoms with van der Waals surface area (Å²) in [4.78, 5) is 11.7. The normalized spacial score (nSPS) is 12.6. The van der Waals surface area contributed by atoms with E-state index in [1.807, 2.05) is 0 Å². The second-order valence-corrected chi connectivity index (χ2v) is 7.33. The monoisotopic (exact) mass is 245 g/mol. The van der Waals surface area contributed by atoms with Gasteiger partial charge in [-0.2, -0.15) is 11.8 Å². The van der Waals surface area contributed by atoms with Gasteiger partial charge in [0.05, 0.1) is 5.75 Å². The summed E-state index contributed by atoms with van der Waals surface area (Å²) in [5, 5.41) is 3.11. The quantitative estimate of drug-likeness (QED) is 0.726. The maximum absolute atomic E-state index is 11.7. The molecule has 0 rings (SSSR count). The lowest BCUT2D eigenvalue weighted by Crippen LogP contribution is -2.46. The topological polar surface area (TPSA) is 29.1 Å². The van der Waals surface area contributed by atoms with Crippen LogP contribution in [0.4, 0.5) is 0 Å². The first-order valence-corrected chi connectivity index (χ1v) is 7.20. The molecule has 0 saturated heterocycles. The molecule has 0 unspecified atom stereocenters. The fourth-order valence-electron chi connectivity index (χ4n) is 2.09. The highest BCUT2D eigenvalue weighted by Gasteiger charge is 2.26. The summed E-state index contributed by atoms with van der Waals surface area (Å²) in [5.41, 5.74) is 0.134. The summed E-state index contributed by atoms with van der Waals surface area (Å²) >= 11 is 1.71. The Morgan fingerprint density at radius 2 is 1.75 bits per heavy atom. The van der Waals surface area contributed by atoms with Gasteiger partial charge < -0.3 is 5.32 Å². The summed E-state index contributed by atoms with van der Waals surface area (Å²) in [7, 11) is 0. The molecule has 0 aliphatic carbocycles. The zero-order valence-electron chi connectivity index (χ0n) is 11.6. The fraction of sp³-hybridized carbons (Fsp3) is 0.923. The van der Waals surface area contributed by atoms with Crippen molar-refractivity contribution < 1.29 is 4.79 Å². The number of carbonyl (C=O) groups is 1. The molecule has 0 aliphatic heterocycles. The Balaban J connectivity index is 4.00. The van der Waals surface area contributed by atoms with E-state index in [-0.39, 0.29) is 16.9 Å². The van der Waals surface area contributed by atoms with Crippen LogP contribution >= 0.6 is 11.8 Å². The van der Waals surface area contributed by atoms with Crippen molar-refractivity contribution >= 4 is 17.7 Å². The summed E-state index contributed by atoms with van der Waals surface area (Å²) in [6, 6.07) is 0. The molecular formula is C13H27NOS. The number of rotatable bonds is 6. The van der Waals surface area contributed by atoms with E-state index in [0.29, 0.717) is 5.75 Å². The van der Waals surface area contributed by atoms with Crippen molar-refractivity contribution in [3.8, 4) is 0 Å². The number of nitrogens with one attached hydrogen (secondary N) is 1. The third-order valence-corrected chi connectivity index (χ3v) is 3.19. The largest absolute Gasteiger partial charge is 0.350 e. The van der Waals surface area contributed by atoms with Crippen LogP contribution in [0.5, 0.6) is 0 Å². The average molecular weight is 245 g/mol. The minimum atomic E-state index is -0.109. The lowest BCUT2D eigenvalue weighted by Gasteiger charge is -2.33. The highest BCUT2D eigenvalue weighted by Crippen LogP contribution is 2.26. The zero-order chi connectivity index (χ0) is 12.8. The molecule has 3 heteroatoms. The SMILES string of the molecule is CCCSCC(=O)NC(C)(C)CC(C)(C)C. The van der Waals surface area contributed by atoms with Crippen LogP contribution in [-0.4, -0.2) is 23.0 Å². The van der Waals surface area contributed by atoms with Crippen LogP contribution in [-0.2, 0) is 4.79 Å².